The van der Waals surface area contributed by atoms with Gasteiger partial charge in [0.2, 0.25) is 6.08 Å². The fourth-order valence-electron chi connectivity index (χ4n) is 0.438. The van der Waals surface area contributed by atoms with Crippen LogP contribution in [0.4, 0.5) is 0 Å². The van der Waals surface area contributed by atoms with Gasteiger partial charge in [-0.05, 0) is 6.92 Å². The van der Waals surface area contributed by atoms with E-state index in [9.17, 15) is 9.59 Å². The van der Waals surface area contributed by atoms with Crippen LogP contribution in [-0.2, 0) is 14.3 Å². The minimum Gasteiger partial charge on any atom is -0.432 e. The predicted molar refractivity (Wildman–Crippen MR) is 38.5 cm³/mol. The van der Waals surface area contributed by atoms with Crippen LogP contribution < -0.4 is 0 Å². The van der Waals surface area contributed by atoms with Crippen LogP contribution in [0.5, 0.6) is 0 Å². The summed E-state index contributed by atoms with van der Waals surface area (Å²) in [6.07, 6.45) is 1.41. The van der Waals surface area contributed by atoms with E-state index in [1.807, 2.05) is 0 Å². The van der Waals surface area contributed by atoms with E-state index in [0.29, 0.717) is 5.76 Å². The normalized spacial score (nSPS) is 8.09. The molecule has 11 heavy (non-hydrogen) atoms. The van der Waals surface area contributed by atoms with Crippen molar-refractivity contribution >= 4 is 12.0 Å². The number of hydrogen-bond donors (Lipinski definition) is 0. The van der Waals surface area contributed by atoms with E-state index in [1.54, 1.807) is 6.92 Å². The summed E-state index contributed by atoms with van der Waals surface area (Å²) in [5.41, 5.74) is 0. The van der Waals surface area contributed by atoms with Gasteiger partial charge in [-0.25, -0.2) is 9.79 Å². The molecule has 0 aromatic carbocycles. The van der Waals surface area contributed by atoms with Gasteiger partial charge >= 0.3 is 5.97 Å². The maximum Gasteiger partial charge on any atom is 0.312 e. The molecule has 0 fully saturated rings. The number of ether oxygens (including phenoxy) is 1. The van der Waals surface area contributed by atoms with Gasteiger partial charge in [-0.2, -0.15) is 0 Å². The summed E-state index contributed by atoms with van der Waals surface area (Å²) in [6.45, 7) is 5.06. The Labute approximate surface area is 64.6 Å². The molecule has 0 aliphatic carbocycles. The molecule has 0 N–H and O–H groups in total. The molecule has 4 nitrogen and oxygen atoms in total. The molecular weight excluding hydrogens is 146 g/mol. The van der Waals surface area contributed by atoms with E-state index in [0.717, 1.165) is 0 Å². The molecule has 0 aliphatic heterocycles. The van der Waals surface area contributed by atoms with Gasteiger partial charge in [0.15, 0.2) is 0 Å². The number of esters is 1. The molecule has 0 radical (unpaired) electrons. The highest BCUT2D eigenvalue weighted by Crippen LogP contribution is 1.94. The van der Waals surface area contributed by atoms with Crippen molar-refractivity contribution in [3.8, 4) is 0 Å². The monoisotopic (exact) mass is 155 g/mol. The lowest BCUT2D eigenvalue weighted by Crippen LogP contribution is -2.03. The van der Waals surface area contributed by atoms with Crippen LogP contribution in [0.1, 0.15) is 13.3 Å². The van der Waals surface area contributed by atoms with E-state index in [-0.39, 0.29) is 13.0 Å². The van der Waals surface area contributed by atoms with Crippen molar-refractivity contribution in [2.75, 3.05) is 6.54 Å². The lowest BCUT2D eigenvalue weighted by Gasteiger charge is -1.98. The molecule has 0 rings (SSSR count). The van der Waals surface area contributed by atoms with E-state index in [2.05, 4.69) is 16.3 Å². The summed E-state index contributed by atoms with van der Waals surface area (Å²) < 4.78 is 4.57. The van der Waals surface area contributed by atoms with Crippen LogP contribution >= 0.6 is 0 Å². The van der Waals surface area contributed by atoms with E-state index < -0.39 is 5.97 Å². The highest BCUT2D eigenvalue weighted by Gasteiger charge is 2.00. The van der Waals surface area contributed by atoms with Crippen molar-refractivity contribution in [2.24, 2.45) is 4.99 Å². The average molecular weight is 155 g/mol. The Hall–Kier alpha value is -1.41. The van der Waals surface area contributed by atoms with Gasteiger partial charge in [0.1, 0.15) is 0 Å². The van der Waals surface area contributed by atoms with E-state index in [1.165, 1.54) is 6.08 Å². The molecule has 0 heterocycles. The minimum absolute atomic E-state index is 0.0854. The largest absolute Gasteiger partial charge is 0.432 e. The summed E-state index contributed by atoms with van der Waals surface area (Å²) in [6, 6.07) is 0. The zero-order valence-electron chi connectivity index (χ0n) is 6.29. The predicted octanol–water partition coefficient (Wildman–Crippen LogP) is 0.789. The molecule has 0 aliphatic rings. The Morgan fingerprint density at radius 2 is 2.36 bits per heavy atom. The number of carbonyl (C=O) groups is 1. The lowest BCUT2D eigenvalue weighted by atomic mass is 10.4. The third-order valence-electron chi connectivity index (χ3n) is 0.780. The van der Waals surface area contributed by atoms with Gasteiger partial charge in [-0.3, -0.25) is 4.79 Å². The highest BCUT2D eigenvalue weighted by atomic mass is 16.5. The molecule has 0 amide bonds. The second kappa shape index (κ2) is 5.38. The highest BCUT2D eigenvalue weighted by molar-refractivity contribution is 5.70. The van der Waals surface area contributed by atoms with Gasteiger partial charge < -0.3 is 4.74 Å². The van der Waals surface area contributed by atoms with Gasteiger partial charge in [-0.1, -0.05) is 6.58 Å². The Kier molecular flexibility index (Phi) is 4.69. The number of carbonyl (C=O) groups excluding carboxylic acids is 2. The van der Waals surface area contributed by atoms with Gasteiger partial charge in [0.25, 0.3) is 0 Å². The van der Waals surface area contributed by atoms with Crippen LogP contribution in [0.3, 0.4) is 0 Å². The average Bonchev–Trinajstić information content (AvgIpc) is 1.86. The summed E-state index contributed by atoms with van der Waals surface area (Å²) >= 11 is 0. The van der Waals surface area contributed by atoms with Crippen molar-refractivity contribution in [2.45, 2.75) is 13.3 Å². The Bertz CT molecular complexity index is 204. The Morgan fingerprint density at radius 1 is 1.73 bits per heavy atom. The summed E-state index contributed by atoms with van der Waals surface area (Å²) in [4.78, 5) is 23.4. The van der Waals surface area contributed by atoms with Crippen molar-refractivity contribution in [3.05, 3.63) is 12.3 Å². The number of hydrogen-bond acceptors (Lipinski definition) is 4. The SMILES string of the molecule is C=C(C)OC(=O)CCN=C=O. The molecular formula is C7H9NO3. The number of allylic oxidation sites excluding steroid dienone is 1. The first kappa shape index (κ1) is 9.59. The number of isocyanates is 1. The second-order valence-electron chi connectivity index (χ2n) is 1.90. The molecule has 0 spiro atoms. The summed E-state index contributed by atoms with van der Waals surface area (Å²) in [5.74, 6) is -0.0958. The van der Waals surface area contributed by atoms with E-state index in [4.69, 9.17) is 0 Å². The van der Waals surface area contributed by atoms with Crippen molar-refractivity contribution in [1.29, 1.82) is 0 Å². The molecule has 4 heteroatoms. The zero-order valence-corrected chi connectivity index (χ0v) is 6.29. The molecule has 0 bridgehead atoms. The third kappa shape index (κ3) is 6.48. The fraction of sp³-hybridized carbons (Fsp3) is 0.429. The molecule has 0 aromatic rings. The molecule has 0 aromatic heterocycles. The maximum atomic E-state index is 10.7. The van der Waals surface area contributed by atoms with Crippen LogP contribution in [0.15, 0.2) is 17.3 Å². The fourth-order valence-corrected chi connectivity index (χ4v) is 0.438. The van der Waals surface area contributed by atoms with Gasteiger partial charge in [0, 0.05) is 0 Å². The molecule has 0 atom stereocenters. The zero-order chi connectivity index (χ0) is 8.69. The van der Waals surface area contributed by atoms with Crippen molar-refractivity contribution < 1.29 is 14.3 Å². The molecule has 0 saturated carbocycles. The molecule has 60 valence electrons. The first-order chi connectivity index (χ1) is 5.16. The van der Waals surface area contributed by atoms with Crippen LogP contribution in [0.2, 0.25) is 0 Å². The number of aliphatic imine (C=N–C) groups is 1. The Morgan fingerprint density at radius 3 is 2.82 bits per heavy atom. The minimum atomic E-state index is -0.434. The standard InChI is InChI=1S/C7H9NO3/c1-6(2)11-7(10)3-4-8-5-9/h1,3-4H2,2H3. The van der Waals surface area contributed by atoms with Crippen LogP contribution in [0, 0.1) is 0 Å². The van der Waals surface area contributed by atoms with Gasteiger partial charge in [-0.15, -0.1) is 0 Å². The lowest BCUT2D eigenvalue weighted by molar-refractivity contribution is -0.139. The van der Waals surface area contributed by atoms with Crippen molar-refractivity contribution in [1.82, 2.24) is 0 Å². The van der Waals surface area contributed by atoms with Crippen LogP contribution in [0.25, 0.3) is 0 Å². The van der Waals surface area contributed by atoms with E-state index >= 15 is 0 Å². The second-order valence-corrected chi connectivity index (χ2v) is 1.90. The number of rotatable bonds is 4. The molecule has 0 saturated heterocycles. The van der Waals surface area contributed by atoms with Gasteiger partial charge in [0.05, 0.1) is 18.7 Å². The van der Waals surface area contributed by atoms with Crippen LogP contribution in [-0.4, -0.2) is 18.6 Å². The summed E-state index contributed by atoms with van der Waals surface area (Å²) in [7, 11) is 0. The van der Waals surface area contributed by atoms with Crippen molar-refractivity contribution in [3.63, 3.8) is 0 Å². The molecule has 0 unspecified atom stereocenters. The first-order valence-electron chi connectivity index (χ1n) is 3.06. The first-order valence-corrected chi connectivity index (χ1v) is 3.06. The maximum absolute atomic E-state index is 10.7. The number of nitrogens with zero attached hydrogens (tertiary/aromatic N) is 1. The summed E-state index contributed by atoms with van der Waals surface area (Å²) in [5, 5.41) is 0. The Balaban J connectivity index is 3.53. The topological polar surface area (TPSA) is 55.7 Å². The smallest absolute Gasteiger partial charge is 0.312 e. The quantitative estimate of drug-likeness (QED) is 0.261. The third-order valence-corrected chi connectivity index (χ3v) is 0.780.